The van der Waals surface area contributed by atoms with Crippen LogP contribution in [0.3, 0.4) is 0 Å². The van der Waals surface area contributed by atoms with Crippen LogP contribution in [0.5, 0.6) is 0 Å². The lowest BCUT2D eigenvalue weighted by Crippen LogP contribution is -2.48. The van der Waals surface area contributed by atoms with Gasteiger partial charge in [-0.1, -0.05) is 6.07 Å². The summed E-state index contributed by atoms with van der Waals surface area (Å²) in [4.78, 5) is 28.4. The van der Waals surface area contributed by atoms with Crippen LogP contribution in [0.15, 0.2) is 24.3 Å². The second kappa shape index (κ2) is 8.48. The van der Waals surface area contributed by atoms with Crippen molar-refractivity contribution in [1.82, 2.24) is 15.1 Å². The number of hydrogen-bond acceptors (Lipinski definition) is 6. The van der Waals surface area contributed by atoms with E-state index in [1.165, 1.54) is 0 Å². The average Bonchev–Trinajstić information content (AvgIpc) is 3.17. The van der Waals surface area contributed by atoms with E-state index in [0.29, 0.717) is 25.2 Å². The molecule has 3 rings (SSSR count). The molecule has 26 heavy (non-hydrogen) atoms. The molecule has 0 aromatic heterocycles. The van der Waals surface area contributed by atoms with Gasteiger partial charge in [-0.05, 0) is 31.0 Å². The molecule has 2 amide bonds. The van der Waals surface area contributed by atoms with Crippen molar-refractivity contribution in [2.24, 2.45) is 5.73 Å². The zero-order chi connectivity index (χ0) is 18.5. The second-order valence-electron chi connectivity index (χ2n) is 6.76. The van der Waals surface area contributed by atoms with Crippen LogP contribution in [-0.2, 0) is 4.79 Å². The highest BCUT2D eigenvalue weighted by atomic mass is 16.3. The minimum atomic E-state index is -1.01. The third-order valence-corrected chi connectivity index (χ3v) is 4.97. The number of nitrogens with one attached hydrogen (secondary N) is 2. The van der Waals surface area contributed by atoms with E-state index in [9.17, 15) is 14.7 Å². The predicted molar refractivity (Wildman–Crippen MR) is 98.6 cm³/mol. The van der Waals surface area contributed by atoms with E-state index < -0.39 is 6.23 Å². The molecule has 2 aliphatic heterocycles. The summed E-state index contributed by atoms with van der Waals surface area (Å²) in [5.74, 6) is -0.0943. The number of aliphatic hydroxyl groups excluding tert-OH is 1. The molecule has 2 atom stereocenters. The van der Waals surface area contributed by atoms with Crippen molar-refractivity contribution < 1.29 is 14.7 Å². The molecule has 0 saturated carbocycles. The first-order valence-electron chi connectivity index (χ1n) is 9.13. The highest BCUT2D eigenvalue weighted by Gasteiger charge is 2.31. The summed E-state index contributed by atoms with van der Waals surface area (Å²) in [7, 11) is 0. The molecule has 5 N–H and O–H groups in total. The minimum absolute atomic E-state index is 0.00679. The summed E-state index contributed by atoms with van der Waals surface area (Å²) in [6.07, 6.45) is 0.554. The third-order valence-electron chi connectivity index (χ3n) is 4.97. The molecular formula is C18H27N5O3. The lowest BCUT2D eigenvalue weighted by Gasteiger charge is -2.28. The number of carbonyl (C=O) groups is 2. The number of nitrogens with zero attached hydrogens (tertiary/aromatic N) is 2. The molecule has 0 bridgehead atoms. The van der Waals surface area contributed by atoms with Gasteiger partial charge in [-0.3, -0.25) is 9.59 Å². The van der Waals surface area contributed by atoms with E-state index in [4.69, 9.17) is 5.73 Å². The lowest BCUT2D eigenvalue weighted by molar-refractivity contribution is -0.132. The van der Waals surface area contributed by atoms with Crippen LogP contribution < -0.4 is 16.4 Å². The standard InChI is InChI=1S/C18H27N5O3/c19-17(25)15-5-2-8-23(15)16(24)12-21-14-4-1-3-13(11-14)18(26)22-9-6-20-7-10-22/h1,3-4,11,15,17,20-21,25H,2,5-10,12,19H2. The number of anilines is 1. The van der Waals surface area contributed by atoms with Crippen LogP contribution >= 0.6 is 0 Å². The summed E-state index contributed by atoms with van der Waals surface area (Å²) < 4.78 is 0. The second-order valence-corrected chi connectivity index (χ2v) is 6.76. The van der Waals surface area contributed by atoms with Crippen molar-refractivity contribution in [3.05, 3.63) is 29.8 Å². The zero-order valence-corrected chi connectivity index (χ0v) is 14.9. The van der Waals surface area contributed by atoms with Crippen molar-refractivity contribution >= 4 is 17.5 Å². The number of hydrogen-bond donors (Lipinski definition) is 4. The molecule has 1 aromatic rings. The van der Waals surface area contributed by atoms with Crippen LogP contribution in [0.2, 0.25) is 0 Å². The Morgan fingerprint density at radius 2 is 2.08 bits per heavy atom. The molecule has 2 saturated heterocycles. The summed E-state index contributed by atoms with van der Waals surface area (Å²) >= 11 is 0. The monoisotopic (exact) mass is 361 g/mol. The number of aliphatic hydroxyl groups is 1. The Hall–Kier alpha value is -2.16. The van der Waals surface area contributed by atoms with Crippen LogP contribution in [0.1, 0.15) is 23.2 Å². The molecule has 142 valence electrons. The lowest BCUT2D eigenvalue weighted by atomic mass is 10.1. The van der Waals surface area contributed by atoms with E-state index in [2.05, 4.69) is 10.6 Å². The highest BCUT2D eigenvalue weighted by molar-refractivity contribution is 5.95. The van der Waals surface area contributed by atoms with Gasteiger partial charge in [0.15, 0.2) is 0 Å². The fourth-order valence-electron chi connectivity index (χ4n) is 3.55. The van der Waals surface area contributed by atoms with E-state index >= 15 is 0 Å². The number of likely N-dealkylation sites (tertiary alicyclic amines) is 1. The summed E-state index contributed by atoms with van der Waals surface area (Å²) in [6.45, 7) is 3.74. The number of piperazine rings is 1. The van der Waals surface area contributed by atoms with Crippen molar-refractivity contribution in [1.29, 1.82) is 0 Å². The van der Waals surface area contributed by atoms with Gasteiger partial charge < -0.3 is 31.3 Å². The molecule has 0 spiro atoms. The van der Waals surface area contributed by atoms with Crippen molar-refractivity contribution in [2.45, 2.75) is 25.1 Å². The SMILES string of the molecule is NC(O)C1CCCN1C(=O)CNc1cccc(C(=O)N2CCNCC2)c1. The van der Waals surface area contributed by atoms with Gasteiger partial charge in [-0.15, -0.1) is 0 Å². The highest BCUT2D eigenvalue weighted by Crippen LogP contribution is 2.19. The molecule has 2 aliphatic rings. The van der Waals surface area contributed by atoms with Gasteiger partial charge in [-0.25, -0.2) is 0 Å². The zero-order valence-electron chi connectivity index (χ0n) is 14.9. The van der Waals surface area contributed by atoms with Crippen molar-refractivity contribution in [3.8, 4) is 0 Å². The molecular weight excluding hydrogens is 334 g/mol. The largest absolute Gasteiger partial charge is 0.377 e. The Morgan fingerprint density at radius 1 is 1.31 bits per heavy atom. The molecule has 2 fully saturated rings. The van der Waals surface area contributed by atoms with Crippen molar-refractivity contribution in [2.75, 3.05) is 44.6 Å². The maximum atomic E-state index is 12.6. The molecule has 0 radical (unpaired) electrons. The minimum Gasteiger partial charge on any atom is -0.377 e. The first-order chi connectivity index (χ1) is 12.6. The topological polar surface area (TPSA) is 111 Å². The molecule has 1 aromatic carbocycles. The maximum absolute atomic E-state index is 12.6. The number of benzene rings is 1. The number of rotatable bonds is 5. The van der Waals surface area contributed by atoms with Gasteiger partial charge in [0.25, 0.3) is 5.91 Å². The molecule has 2 unspecified atom stereocenters. The average molecular weight is 361 g/mol. The Labute approximate surface area is 153 Å². The van der Waals surface area contributed by atoms with Gasteiger partial charge in [0.05, 0.1) is 12.6 Å². The number of nitrogens with two attached hydrogens (primary N) is 1. The fraction of sp³-hybridized carbons (Fsp3) is 0.556. The van der Waals surface area contributed by atoms with Gasteiger partial charge in [0.1, 0.15) is 6.23 Å². The van der Waals surface area contributed by atoms with Crippen LogP contribution in [0, 0.1) is 0 Å². The smallest absolute Gasteiger partial charge is 0.254 e. The van der Waals surface area contributed by atoms with E-state index in [0.717, 1.165) is 31.6 Å². The first-order valence-corrected chi connectivity index (χ1v) is 9.13. The fourth-order valence-corrected chi connectivity index (χ4v) is 3.55. The Morgan fingerprint density at radius 3 is 2.81 bits per heavy atom. The summed E-state index contributed by atoms with van der Waals surface area (Å²) in [6, 6.07) is 6.89. The predicted octanol–water partition coefficient (Wildman–Crippen LogP) is -0.588. The summed E-state index contributed by atoms with van der Waals surface area (Å²) in [5, 5.41) is 15.9. The molecule has 0 aliphatic carbocycles. The normalized spacial score (nSPS) is 21.5. The maximum Gasteiger partial charge on any atom is 0.254 e. The Bertz CT molecular complexity index is 645. The van der Waals surface area contributed by atoms with Gasteiger partial charge in [-0.2, -0.15) is 0 Å². The van der Waals surface area contributed by atoms with E-state index in [-0.39, 0.29) is 24.4 Å². The van der Waals surface area contributed by atoms with Gasteiger partial charge >= 0.3 is 0 Å². The van der Waals surface area contributed by atoms with E-state index in [1.807, 2.05) is 17.0 Å². The molecule has 8 heteroatoms. The van der Waals surface area contributed by atoms with Crippen molar-refractivity contribution in [3.63, 3.8) is 0 Å². The van der Waals surface area contributed by atoms with Crippen LogP contribution in [0.4, 0.5) is 5.69 Å². The Balaban J connectivity index is 1.58. The van der Waals surface area contributed by atoms with Gasteiger partial charge in [0, 0.05) is 44.0 Å². The molecule has 8 nitrogen and oxygen atoms in total. The van der Waals surface area contributed by atoms with E-state index in [1.54, 1.807) is 17.0 Å². The molecule has 2 heterocycles. The number of amides is 2. The number of carbonyl (C=O) groups excluding carboxylic acids is 2. The summed E-state index contributed by atoms with van der Waals surface area (Å²) in [5.41, 5.74) is 6.89. The quantitative estimate of drug-likeness (QED) is 0.522. The van der Waals surface area contributed by atoms with Crippen LogP contribution in [0.25, 0.3) is 0 Å². The first kappa shape index (κ1) is 18.6. The van der Waals surface area contributed by atoms with Crippen LogP contribution in [-0.4, -0.2) is 78.3 Å². The third kappa shape index (κ3) is 4.32. The Kier molecular flexibility index (Phi) is 6.08. The van der Waals surface area contributed by atoms with Gasteiger partial charge in [0.2, 0.25) is 5.91 Å².